The molecule has 1 aromatic heterocycles. The number of nitrogens with two attached hydrogens (primary N) is 1. The van der Waals surface area contributed by atoms with Crippen LogP contribution in [-0.4, -0.2) is 34.4 Å². The van der Waals surface area contributed by atoms with E-state index in [4.69, 9.17) is 20.7 Å². The second-order valence-electron chi connectivity index (χ2n) is 5.53. The molecule has 7 heteroatoms. The van der Waals surface area contributed by atoms with Crippen LogP contribution >= 0.6 is 0 Å². The molecule has 0 bridgehead atoms. The molecule has 2 aromatic rings. The van der Waals surface area contributed by atoms with Gasteiger partial charge in [-0.15, -0.1) is 0 Å². The fourth-order valence-corrected chi connectivity index (χ4v) is 2.50. The zero-order valence-corrected chi connectivity index (χ0v) is 13.8. The molecule has 4 N–H and O–H groups in total. The van der Waals surface area contributed by atoms with Gasteiger partial charge >= 0.3 is 5.97 Å². The van der Waals surface area contributed by atoms with Gasteiger partial charge in [-0.1, -0.05) is 25.1 Å². The van der Waals surface area contributed by atoms with E-state index in [2.05, 4.69) is 4.98 Å². The standard InChI is InChI=1S/C18H19N3O4/c1-11(8-17(23)24)15-9-13(14(10-19)18(20)21-15)12-4-2-3-5-16(12)25-7-6-22/h2-5,9,11,22H,6-8H2,1H3,(H2,20,21)(H,23,24). The van der Waals surface area contributed by atoms with Gasteiger partial charge in [0.25, 0.3) is 0 Å². The van der Waals surface area contributed by atoms with Gasteiger partial charge in [-0.05, 0) is 12.1 Å². The highest BCUT2D eigenvalue weighted by Gasteiger charge is 2.19. The maximum absolute atomic E-state index is 11.0. The summed E-state index contributed by atoms with van der Waals surface area (Å²) in [7, 11) is 0. The molecule has 25 heavy (non-hydrogen) atoms. The second-order valence-corrected chi connectivity index (χ2v) is 5.53. The first kappa shape index (κ1) is 18.2. The molecule has 1 aromatic carbocycles. The number of aromatic nitrogens is 1. The van der Waals surface area contributed by atoms with Crippen LogP contribution in [0.3, 0.4) is 0 Å². The molecule has 1 unspecified atom stereocenters. The Morgan fingerprint density at radius 3 is 2.76 bits per heavy atom. The number of aliphatic hydroxyl groups is 1. The topological polar surface area (TPSA) is 129 Å². The Hall–Kier alpha value is -3.11. The molecular weight excluding hydrogens is 322 g/mol. The van der Waals surface area contributed by atoms with E-state index in [1.807, 2.05) is 6.07 Å². The quantitative estimate of drug-likeness (QED) is 0.703. The molecule has 130 valence electrons. The van der Waals surface area contributed by atoms with Crippen molar-refractivity contribution in [3.63, 3.8) is 0 Å². The average Bonchev–Trinajstić information content (AvgIpc) is 2.58. The largest absolute Gasteiger partial charge is 0.491 e. The Balaban J connectivity index is 2.58. The molecule has 7 nitrogen and oxygen atoms in total. The lowest BCUT2D eigenvalue weighted by Crippen LogP contribution is -2.09. The summed E-state index contributed by atoms with van der Waals surface area (Å²) in [4.78, 5) is 15.1. The number of carboxylic acid groups (broad SMARTS) is 1. The predicted octanol–water partition coefficient (Wildman–Crippen LogP) is 2.15. The van der Waals surface area contributed by atoms with E-state index in [-0.39, 0.29) is 36.9 Å². The Morgan fingerprint density at radius 2 is 2.12 bits per heavy atom. The summed E-state index contributed by atoms with van der Waals surface area (Å²) in [6, 6.07) is 10.8. The van der Waals surface area contributed by atoms with Gasteiger partial charge < -0.3 is 20.7 Å². The fraction of sp³-hybridized carbons (Fsp3) is 0.278. The average molecular weight is 341 g/mol. The van der Waals surface area contributed by atoms with Gasteiger partial charge in [-0.2, -0.15) is 5.26 Å². The van der Waals surface area contributed by atoms with Crippen molar-refractivity contribution in [3.8, 4) is 22.9 Å². The zero-order valence-electron chi connectivity index (χ0n) is 13.8. The number of anilines is 1. The summed E-state index contributed by atoms with van der Waals surface area (Å²) in [5.74, 6) is -0.762. The van der Waals surface area contributed by atoms with E-state index >= 15 is 0 Å². The highest BCUT2D eigenvalue weighted by molar-refractivity contribution is 5.80. The van der Waals surface area contributed by atoms with Crippen LogP contribution in [0.2, 0.25) is 0 Å². The number of aliphatic hydroxyl groups excluding tert-OH is 1. The van der Waals surface area contributed by atoms with E-state index in [0.29, 0.717) is 22.6 Å². The lowest BCUT2D eigenvalue weighted by molar-refractivity contribution is -0.137. The first-order valence-electron chi connectivity index (χ1n) is 7.73. The van der Waals surface area contributed by atoms with Crippen LogP contribution in [0.1, 0.15) is 30.5 Å². The number of nitriles is 1. The molecule has 0 spiro atoms. The van der Waals surface area contributed by atoms with Crippen molar-refractivity contribution in [2.75, 3.05) is 18.9 Å². The van der Waals surface area contributed by atoms with Crippen molar-refractivity contribution in [3.05, 3.63) is 41.6 Å². The molecule has 0 fully saturated rings. The lowest BCUT2D eigenvalue weighted by atomic mass is 9.95. The van der Waals surface area contributed by atoms with Crippen molar-refractivity contribution >= 4 is 11.8 Å². The first-order chi connectivity index (χ1) is 12.0. The van der Waals surface area contributed by atoms with Crippen LogP contribution in [0.4, 0.5) is 5.82 Å². The molecule has 0 radical (unpaired) electrons. The van der Waals surface area contributed by atoms with Crippen molar-refractivity contribution in [2.24, 2.45) is 0 Å². The summed E-state index contributed by atoms with van der Waals surface area (Å²) < 4.78 is 5.53. The number of pyridine rings is 1. The van der Waals surface area contributed by atoms with Crippen molar-refractivity contribution in [1.29, 1.82) is 5.26 Å². The number of hydrogen-bond acceptors (Lipinski definition) is 6. The van der Waals surface area contributed by atoms with Crippen LogP contribution in [0.5, 0.6) is 5.75 Å². The van der Waals surface area contributed by atoms with Gasteiger partial charge in [0.05, 0.1) is 13.0 Å². The fourth-order valence-electron chi connectivity index (χ4n) is 2.50. The van der Waals surface area contributed by atoms with Gasteiger partial charge in [0.2, 0.25) is 0 Å². The number of para-hydroxylation sites is 1. The number of carboxylic acids is 1. The molecule has 1 heterocycles. The Kier molecular flexibility index (Phi) is 5.93. The maximum Gasteiger partial charge on any atom is 0.304 e. The Bertz CT molecular complexity index is 814. The molecule has 2 rings (SSSR count). The molecule has 0 aliphatic rings. The smallest absolute Gasteiger partial charge is 0.304 e. The van der Waals surface area contributed by atoms with E-state index < -0.39 is 5.97 Å². The van der Waals surface area contributed by atoms with E-state index in [1.54, 1.807) is 37.3 Å². The molecule has 1 atom stereocenters. The summed E-state index contributed by atoms with van der Waals surface area (Å²) >= 11 is 0. The zero-order chi connectivity index (χ0) is 18.4. The van der Waals surface area contributed by atoms with Gasteiger partial charge in [0.15, 0.2) is 0 Å². The summed E-state index contributed by atoms with van der Waals surface area (Å²) in [5, 5.41) is 27.4. The second kappa shape index (κ2) is 8.13. The molecule has 0 aliphatic heterocycles. The van der Waals surface area contributed by atoms with Crippen LogP contribution < -0.4 is 10.5 Å². The number of carbonyl (C=O) groups is 1. The number of aliphatic carboxylic acids is 1. The predicted molar refractivity (Wildman–Crippen MR) is 92.0 cm³/mol. The van der Waals surface area contributed by atoms with Crippen molar-refractivity contribution in [2.45, 2.75) is 19.3 Å². The van der Waals surface area contributed by atoms with Gasteiger partial charge in [-0.3, -0.25) is 4.79 Å². The molecule has 0 saturated carbocycles. The number of nitrogen functional groups attached to an aromatic ring is 1. The number of benzene rings is 1. The van der Waals surface area contributed by atoms with Crippen LogP contribution in [0.15, 0.2) is 30.3 Å². The van der Waals surface area contributed by atoms with E-state index in [0.717, 1.165) is 0 Å². The third-order valence-electron chi connectivity index (χ3n) is 3.69. The van der Waals surface area contributed by atoms with Crippen molar-refractivity contribution < 1.29 is 19.7 Å². The van der Waals surface area contributed by atoms with E-state index in [1.165, 1.54) is 0 Å². The Morgan fingerprint density at radius 1 is 1.40 bits per heavy atom. The van der Waals surface area contributed by atoms with Crippen LogP contribution in [-0.2, 0) is 4.79 Å². The molecule has 0 amide bonds. The summed E-state index contributed by atoms with van der Waals surface area (Å²) in [6.45, 7) is 1.71. The lowest BCUT2D eigenvalue weighted by Gasteiger charge is -2.16. The van der Waals surface area contributed by atoms with Crippen LogP contribution in [0, 0.1) is 11.3 Å². The first-order valence-corrected chi connectivity index (χ1v) is 7.73. The van der Waals surface area contributed by atoms with Gasteiger partial charge in [-0.25, -0.2) is 4.98 Å². The van der Waals surface area contributed by atoms with Gasteiger partial charge in [0.1, 0.15) is 29.8 Å². The maximum atomic E-state index is 11.0. The van der Waals surface area contributed by atoms with E-state index in [9.17, 15) is 10.1 Å². The minimum atomic E-state index is -0.939. The molecule has 0 aliphatic carbocycles. The number of rotatable bonds is 7. The monoisotopic (exact) mass is 341 g/mol. The highest BCUT2D eigenvalue weighted by Crippen LogP contribution is 2.35. The normalized spacial score (nSPS) is 11.6. The minimum Gasteiger partial charge on any atom is -0.491 e. The SMILES string of the molecule is CC(CC(=O)O)c1cc(-c2ccccc2OCCO)c(C#N)c(N)n1. The van der Waals surface area contributed by atoms with Gasteiger partial charge in [0, 0.05) is 22.7 Å². The number of nitrogens with zero attached hydrogens (tertiary/aromatic N) is 2. The minimum absolute atomic E-state index is 0.0456. The third-order valence-corrected chi connectivity index (χ3v) is 3.69. The third kappa shape index (κ3) is 4.25. The summed E-state index contributed by atoms with van der Waals surface area (Å²) in [5.41, 5.74) is 7.77. The Labute approximate surface area is 145 Å². The summed E-state index contributed by atoms with van der Waals surface area (Å²) in [6.07, 6.45) is -0.0968. The van der Waals surface area contributed by atoms with Crippen molar-refractivity contribution in [1.82, 2.24) is 4.98 Å². The molecular formula is C18H19N3O4. The van der Waals surface area contributed by atoms with Crippen LogP contribution in [0.25, 0.3) is 11.1 Å². The number of hydrogen-bond donors (Lipinski definition) is 3. The number of ether oxygens (including phenoxy) is 1. The highest BCUT2D eigenvalue weighted by atomic mass is 16.5. The molecule has 0 saturated heterocycles.